The number of hydrogen-bond donors (Lipinski definition) is 4. The Balaban J connectivity index is 1.71. The summed E-state index contributed by atoms with van der Waals surface area (Å²) in [6, 6.07) is 7.42. The van der Waals surface area contributed by atoms with Gasteiger partial charge in [0.1, 0.15) is 11.6 Å². The molecule has 0 aliphatic carbocycles. The lowest BCUT2D eigenvalue weighted by Crippen LogP contribution is -2.12. The summed E-state index contributed by atoms with van der Waals surface area (Å²) < 4.78 is 10.6. The second-order valence-corrected chi connectivity index (χ2v) is 4.18. The average Bonchev–Trinajstić information content (AvgIpc) is 2.92. The molecule has 0 amide bonds. The lowest BCUT2D eigenvalue weighted by molar-refractivity contribution is 0.174. The molecule has 8 heteroatoms. The Bertz CT molecular complexity index is 633. The molecule has 1 aromatic carbocycles. The fourth-order valence-electron chi connectivity index (χ4n) is 1.87. The molecule has 2 heterocycles. The van der Waals surface area contributed by atoms with Crippen molar-refractivity contribution in [3.05, 3.63) is 29.8 Å². The number of hydrazine groups is 1. The number of benzene rings is 1. The molecule has 0 radical (unpaired) electrons. The summed E-state index contributed by atoms with van der Waals surface area (Å²) in [5.74, 6) is 7.99. The molecule has 0 saturated heterocycles. The molecule has 0 bridgehead atoms. The maximum absolute atomic E-state index is 5.58. The van der Waals surface area contributed by atoms with Crippen molar-refractivity contribution in [1.82, 2.24) is 9.97 Å². The molecule has 1 aliphatic heterocycles. The van der Waals surface area contributed by atoms with Crippen LogP contribution in [0.2, 0.25) is 0 Å². The second kappa shape index (κ2) is 5.10. The molecule has 0 spiro atoms. The van der Waals surface area contributed by atoms with E-state index in [1.165, 1.54) is 0 Å². The predicted molar refractivity (Wildman–Crippen MR) is 74.1 cm³/mol. The number of ether oxygens (including phenoxy) is 2. The minimum absolute atomic E-state index is 0.147. The number of nitrogen functional groups attached to an aromatic ring is 2. The second-order valence-electron chi connectivity index (χ2n) is 4.18. The molecule has 1 aromatic heterocycles. The van der Waals surface area contributed by atoms with Crippen molar-refractivity contribution in [2.45, 2.75) is 6.54 Å². The summed E-state index contributed by atoms with van der Waals surface area (Å²) in [7, 11) is 0. The van der Waals surface area contributed by atoms with Crippen LogP contribution >= 0.6 is 0 Å². The minimum atomic E-state index is 0.147. The number of hydrogen-bond acceptors (Lipinski definition) is 8. The average molecular weight is 274 g/mol. The Hall–Kier alpha value is -2.74. The fourth-order valence-corrected chi connectivity index (χ4v) is 1.87. The van der Waals surface area contributed by atoms with Gasteiger partial charge in [0, 0.05) is 12.6 Å². The molecule has 104 valence electrons. The van der Waals surface area contributed by atoms with Gasteiger partial charge in [-0.2, -0.15) is 9.97 Å². The summed E-state index contributed by atoms with van der Waals surface area (Å²) in [5.41, 5.74) is 9.05. The van der Waals surface area contributed by atoms with Crippen molar-refractivity contribution in [2.75, 3.05) is 23.3 Å². The van der Waals surface area contributed by atoms with E-state index in [4.69, 9.17) is 21.1 Å². The molecule has 3 rings (SSSR count). The summed E-state index contributed by atoms with van der Waals surface area (Å²) in [6.07, 6.45) is 0. The number of aromatic nitrogens is 2. The van der Waals surface area contributed by atoms with Crippen LogP contribution in [0.1, 0.15) is 5.56 Å². The number of nitrogens with one attached hydrogen (secondary N) is 2. The Labute approximate surface area is 115 Å². The van der Waals surface area contributed by atoms with Crippen LogP contribution in [0.15, 0.2) is 24.3 Å². The Kier molecular flexibility index (Phi) is 3.13. The van der Waals surface area contributed by atoms with Crippen LogP contribution in [0.25, 0.3) is 0 Å². The molecule has 0 fully saturated rings. The van der Waals surface area contributed by atoms with Gasteiger partial charge in [0.25, 0.3) is 0 Å². The molecule has 1 aliphatic rings. The summed E-state index contributed by atoms with van der Waals surface area (Å²) in [4.78, 5) is 7.98. The van der Waals surface area contributed by atoms with Gasteiger partial charge in [-0.05, 0) is 17.7 Å². The molecular weight excluding hydrogens is 260 g/mol. The van der Waals surface area contributed by atoms with Crippen molar-refractivity contribution in [2.24, 2.45) is 5.84 Å². The van der Waals surface area contributed by atoms with Crippen LogP contribution in [-0.2, 0) is 6.54 Å². The van der Waals surface area contributed by atoms with Crippen LogP contribution in [0.4, 0.5) is 17.6 Å². The lowest BCUT2D eigenvalue weighted by Gasteiger charge is -2.08. The van der Waals surface area contributed by atoms with Crippen molar-refractivity contribution in [3.8, 4) is 11.5 Å². The largest absolute Gasteiger partial charge is 0.454 e. The first-order valence-corrected chi connectivity index (χ1v) is 5.98. The molecular formula is C12H14N6O2. The highest BCUT2D eigenvalue weighted by atomic mass is 16.7. The Morgan fingerprint density at radius 3 is 2.75 bits per heavy atom. The van der Waals surface area contributed by atoms with Crippen LogP contribution in [-0.4, -0.2) is 16.8 Å². The lowest BCUT2D eigenvalue weighted by atomic mass is 10.2. The fraction of sp³-hybridized carbons (Fsp3) is 0.167. The summed E-state index contributed by atoms with van der Waals surface area (Å²) in [6.45, 7) is 0.831. The summed E-state index contributed by atoms with van der Waals surface area (Å²) in [5, 5.41) is 3.14. The van der Waals surface area contributed by atoms with Crippen molar-refractivity contribution >= 4 is 17.6 Å². The molecule has 8 nitrogen and oxygen atoms in total. The quantitative estimate of drug-likeness (QED) is 0.474. The van der Waals surface area contributed by atoms with Crippen LogP contribution in [0, 0.1) is 0 Å². The van der Waals surface area contributed by atoms with Gasteiger partial charge in [0.15, 0.2) is 11.5 Å². The van der Waals surface area contributed by atoms with E-state index in [0.717, 1.165) is 17.1 Å². The zero-order valence-electron chi connectivity index (χ0n) is 10.6. The summed E-state index contributed by atoms with van der Waals surface area (Å²) >= 11 is 0. The first-order valence-electron chi connectivity index (χ1n) is 5.98. The first kappa shape index (κ1) is 12.3. The van der Waals surface area contributed by atoms with E-state index in [2.05, 4.69) is 20.7 Å². The van der Waals surface area contributed by atoms with Crippen LogP contribution < -0.4 is 31.8 Å². The minimum Gasteiger partial charge on any atom is -0.454 e. The highest BCUT2D eigenvalue weighted by molar-refractivity contribution is 5.51. The van der Waals surface area contributed by atoms with Crippen molar-refractivity contribution in [3.63, 3.8) is 0 Å². The van der Waals surface area contributed by atoms with E-state index in [1.807, 2.05) is 18.2 Å². The first-order chi connectivity index (χ1) is 9.74. The molecule has 2 aromatic rings. The molecule has 0 unspecified atom stereocenters. The SMILES string of the molecule is NNc1cc(NCc2ccc3c(c2)OCO3)nc(N)n1. The standard InChI is InChI=1S/C12H14N6O2/c13-12-16-10(4-11(17-12)18-14)15-5-7-1-2-8-9(3-7)20-6-19-8/h1-4H,5-6,14H2,(H4,13,15,16,17,18). The van der Waals surface area contributed by atoms with Gasteiger partial charge in [-0.1, -0.05) is 6.07 Å². The van der Waals surface area contributed by atoms with Crippen molar-refractivity contribution in [1.29, 1.82) is 0 Å². The number of nitrogens with zero attached hydrogens (tertiary/aromatic N) is 2. The third kappa shape index (κ3) is 2.50. The van der Waals surface area contributed by atoms with E-state index < -0.39 is 0 Å². The highest BCUT2D eigenvalue weighted by Crippen LogP contribution is 2.32. The third-order valence-corrected chi connectivity index (χ3v) is 2.80. The zero-order valence-corrected chi connectivity index (χ0v) is 10.6. The van der Waals surface area contributed by atoms with Crippen LogP contribution in [0.3, 0.4) is 0 Å². The van der Waals surface area contributed by atoms with E-state index in [-0.39, 0.29) is 12.7 Å². The molecule has 6 N–H and O–H groups in total. The van der Waals surface area contributed by atoms with Gasteiger partial charge in [-0.3, -0.25) is 0 Å². The number of rotatable bonds is 4. The zero-order chi connectivity index (χ0) is 13.9. The molecule has 20 heavy (non-hydrogen) atoms. The maximum atomic E-state index is 5.58. The topological polar surface area (TPSA) is 120 Å². The van der Waals surface area contributed by atoms with Crippen molar-refractivity contribution < 1.29 is 9.47 Å². The monoisotopic (exact) mass is 274 g/mol. The number of fused-ring (bicyclic) bond motifs is 1. The third-order valence-electron chi connectivity index (χ3n) is 2.80. The van der Waals surface area contributed by atoms with E-state index in [9.17, 15) is 0 Å². The van der Waals surface area contributed by atoms with Crippen LogP contribution in [0.5, 0.6) is 11.5 Å². The van der Waals surface area contributed by atoms with E-state index >= 15 is 0 Å². The van der Waals surface area contributed by atoms with Gasteiger partial charge in [-0.15, -0.1) is 0 Å². The number of anilines is 3. The molecule has 0 atom stereocenters. The highest BCUT2D eigenvalue weighted by Gasteiger charge is 2.13. The normalized spacial score (nSPS) is 12.2. The Morgan fingerprint density at radius 1 is 1.10 bits per heavy atom. The molecule has 0 saturated carbocycles. The smallest absolute Gasteiger partial charge is 0.231 e. The van der Waals surface area contributed by atoms with Gasteiger partial charge in [-0.25, -0.2) is 5.84 Å². The van der Waals surface area contributed by atoms with E-state index in [1.54, 1.807) is 6.07 Å². The number of nitrogens with two attached hydrogens (primary N) is 2. The van der Waals surface area contributed by atoms with Gasteiger partial charge >= 0.3 is 0 Å². The van der Waals surface area contributed by atoms with Gasteiger partial charge < -0.3 is 25.9 Å². The van der Waals surface area contributed by atoms with Gasteiger partial charge in [0.05, 0.1) is 0 Å². The Morgan fingerprint density at radius 2 is 1.90 bits per heavy atom. The predicted octanol–water partition coefficient (Wildman–Crippen LogP) is 0.685. The maximum Gasteiger partial charge on any atom is 0.231 e. The van der Waals surface area contributed by atoms with Gasteiger partial charge in [0.2, 0.25) is 12.7 Å². The van der Waals surface area contributed by atoms with E-state index in [0.29, 0.717) is 18.2 Å².